The number of ether oxygens (including phenoxy) is 1. The van der Waals surface area contributed by atoms with Crippen LogP contribution in [-0.2, 0) is 4.79 Å². The van der Waals surface area contributed by atoms with Gasteiger partial charge in [-0.3, -0.25) is 4.79 Å². The normalized spacial score (nSPS) is 11.5. The van der Waals surface area contributed by atoms with Crippen LogP contribution < -0.4 is 10.1 Å². The number of rotatable bonds is 7. The van der Waals surface area contributed by atoms with Crippen molar-refractivity contribution in [3.05, 3.63) is 82.5 Å². The third-order valence-corrected chi connectivity index (χ3v) is 5.02. The van der Waals surface area contributed by atoms with E-state index < -0.39 is 22.8 Å². The van der Waals surface area contributed by atoms with Crippen molar-refractivity contribution in [3.63, 3.8) is 0 Å². The van der Waals surface area contributed by atoms with E-state index in [1.54, 1.807) is 19.1 Å². The van der Waals surface area contributed by atoms with Crippen molar-refractivity contribution in [2.24, 2.45) is 0 Å². The topological polar surface area (TPSA) is 94.4 Å². The van der Waals surface area contributed by atoms with E-state index in [1.807, 2.05) is 48.5 Å². The van der Waals surface area contributed by atoms with Gasteiger partial charge in [0.1, 0.15) is 5.69 Å². The van der Waals surface area contributed by atoms with Crippen molar-refractivity contribution in [2.45, 2.75) is 29.7 Å². The van der Waals surface area contributed by atoms with Gasteiger partial charge in [-0.25, -0.2) is 0 Å². The summed E-state index contributed by atoms with van der Waals surface area (Å²) in [6, 6.07) is 20.3. The Morgan fingerprint density at radius 3 is 2.52 bits per heavy atom. The quantitative estimate of drug-likeness (QED) is 0.443. The smallest absolute Gasteiger partial charge is 0.406 e. The van der Waals surface area contributed by atoms with Gasteiger partial charge in [0.05, 0.1) is 5.69 Å². The molecule has 0 unspecified atom stereocenters. The van der Waals surface area contributed by atoms with E-state index in [2.05, 4.69) is 10.3 Å². The number of anilines is 1. The molecule has 1 amide bonds. The number of aryl methyl sites for hydroxylation is 1. The molecule has 3 aromatic rings. The highest BCUT2D eigenvalue weighted by Crippen LogP contribution is 2.33. The number of nitro groups is 1. The van der Waals surface area contributed by atoms with Gasteiger partial charge in [0.25, 0.3) is 5.91 Å². The zero-order valence-electron chi connectivity index (χ0n) is 15.9. The molecule has 3 rings (SSSR count). The number of nitrogens with zero attached hydrogens (tertiary/aromatic N) is 2. The molecule has 29 heavy (non-hydrogen) atoms. The van der Waals surface area contributed by atoms with Gasteiger partial charge in [0.15, 0.2) is 6.10 Å². The summed E-state index contributed by atoms with van der Waals surface area (Å²) in [7, 11) is 0. The first-order valence-corrected chi connectivity index (χ1v) is 9.67. The Morgan fingerprint density at radius 2 is 1.79 bits per heavy atom. The van der Waals surface area contributed by atoms with Gasteiger partial charge in [-0.05, 0) is 53.2 Å². The summed E-state index contributed by atoms with van der Waals surface area (Å²) in [5.74, 6) is -0.874. The van der Waals surface area contributed by atoms with E-state index in [0.29, 0.717) is 11.4 Å². The first kappa shape index (κ1) is 20.3. The Balaban J connectivity index is 1.73. The fourth-order valence-electron chi connectivity index (χ4n) is 2.51. The molecule has 0 aliphatic carbocycles. The second-order valence-electron chi connectivity index (χ2n) is 6.19. The van der Waals surface area contributed by atoms with Crippen LogP contribution in [0.4, 0.5) is 11.5 Å². The van der Waals surface area contributed by atoms with Gasteiger partial charge in [-0.2, -0.15) is 0 Å². The number of carbonyl (C=O) groups excluding carboxylic acids is 1. The lowest BCUT2D eigenvalue weighted by Crippen LogP contribution is -2.30. The van der Waals surface area contributed by atoms with Crippen molar-refractivity contribution in [2.75, 3.05) is 5.32 Å². The molecule has 0 radical (unpaired) electrons. The van der Waals surface area contributed by atoms with Gasteiger partial charge in [0.2, 0.25) is 5.75 Å². The summed E-state index contributed by atoms with van der Waals surface area (Å²) in [6.07, 6.45) is -0.951. The molecule has 0 spiro atoms. The summed E-state index contributed by atoms with van der Waals surface area (Å²) in [4.78, 5) is 29.0. The van der Waals surface area contributed by atoms with Crippen molar-refractivity contribution >= 4 is 29.2 Å². The minimum atomic E-state index is -0.951. The van der Waals surface area contributed by atoms with Gasteiger partial charge in [-0.1, -0.05) is 42.1 Å². The standard InChI is InChI=1S/C21H19N3O4S/c1-14-12-13-18(20(22-14)24(26)27)28-15(2)21(25)23-17-10-6-7-11-19(17)29-16-8-4-3-5-9-16/h3-13,15H,1-2H3,(H,23,25)/t15-/m0/s1. The van der Waals surface area contributed by atoms with Crippen molar-refractivity contribution in [3.8, 4) is 5.75 Å². The van der Waals surface area contributed by atoms with E-state index in [-0.39, 0.29) is 5.75 Å². The Hall–Kier alpha value is -3.39. The van der Waals surface area contributed by atoms with Crippen molar-refractivity contribution in [1.29, 1.82) is 0 Å². The lowest BCUT2D eigenvalue weighted by Gasteiger charge is -2.16. The van der Waals surface area contributed by atoms with Crippen LogP contribution in [0, 0.1) is 17.0 Å². The molecule has 1 atom stereocenters. The molecule has 0 aliphatic rings. The van der Waals surface area contributed by atoms with Gasteiger partial charge in [-0.15, -0.1) is 0 Å². The lowest BCUT2D eigenvalue weighted by atomic mass is 10.3. The highest BCUT2D eigenvalue weighted by atomic mass is 32.2. The van der Waals surface area contributed by atoms with E-state index in [4.69, 9.17) is 4.74 Å². The number of para-hydroxylation sites is 1. The minimum Gasteiger partial charge on any atom is -0.473 e. The second kappa shape index (κ2) is 9.20. The largest absolute Gasteiger partial charge is 0.473 e. The molecule has 0 bridgehead atoms. The third-order valence-electron chi connectivity index (χ3n) is 3.94. The number of nitrogens with one attached hydrogen (secondary N) is 1. The minimum absolute atomic E-state index is 0.0461. The van der Waals surface area contributed by atoms with Crippen molar-refractivity contribution in [1.82, 2.24) is 4.98 Å². The van der Waals surface area contributed by atoms with Gasteiger partial charge in [0, 0.05) is 16.7 Å². The molecule has 1 aromatic heterocycles. The molecular weight excluding hydrogens is 390 g/mol. The number of carbonyl (C=O) groups is 1. The maximum Gasteiger partial charge on any atom is 0.406 e. The molecule has 1 N–H and O–H groups in total. The molecule has 8 heteroatoms. The zero-order chi connectivity index (χ0) is 20.8. The zero-order valence-corrected chi connectivity index (χ0v) is 16.7. The molecule has 0 saturated carbocycles. The summed E-state index contributed by atoms with van der Waals surface area (Å²) in [6.45, 7) is 3.18. The van der Waals surface area contributed by atoms with Crippen LogP contribution in [0.5, 0.6) is 5.75 Å². The molecular formula is C21H19N3O4S. The Kier molecular flexibility index (Phi) is 6.46. The van der Waals surface area contributed by atoms with E-state index in [0.717, 1.165) is 9.79 Å². The maximum absolute atomic E-state index is 12.6. The van der Waals surface area contributed by atoms with Crippen LogP contribution in [0.25, 0.3) is 0 Å². The molecule has 0 aliphatic heterocycles. The number of pyridine rings is 1. The number of aromatic nitrogens is 1. The van der Waals surface area contributed by atoms with Crippen LogP contribution >= 0.6 is 11.8 Å². The van der Waals surface area contributed by atoms with E-state index in [9.17, 15) is 14.9 Å². The molecule has 0 fully saturated rings. The predicted molar refractivity (Wildman–Crippen MR) is 111 cm³/mol. The molecule has 2 aromatic carbocycles. The maximum atomic E-state index is 12.6. The monoisotopic (exact) mass is 409 g/mol. The lowest BCUT2D eigenvalue weighted by molar-refractivity contribution is -0.390. The van der Waals surface area contributed by atoms with Gasteiger partial charge >= 0.3 is 5.82 Å². The van der Waals surface area contributed by atoms with Crippen LogP contribution in [0.15, 0.2) is 76.5 Å². The first-order valence-electron chi connectivity index (χ1n) is 8.85. The number of hydrogen-bond donors (Lipinski definition) is 1. The Labute approximate surface area is 172 Å². The second-order valence-corrected chi connectivity index (χ2v) is 7.31. The summed E-state index contributed by atoms with van der Waals surface area (Å²) in [5.41, 5.74) is 1.13. The third kappa shape index (κ3) is 5.32. The molecule has 0 saturated heterocycles. The van der Waals surface area contributed by atoms with Crippen LogP contribution in [0.1, 0.15) is 12.6 Å². The average Bonchev–Trinajstić information content (AvgIpc) is 2.71. The van der Waals surface area contributed by atoms with Gasteiger partial charge < -0.3 is 20.2 Å². The fraction of sp³-hybridized carbons (Fsp3) is 0.143. The highest BCUT2D eigenvalue weighted by Gasteiger charge is 2.23. The summed E-state index contributed by atoms with van der Waals surface area (Å²) in [5, 5.41) is 14.0. The highest BCUT2D eigenvalue weighted by molar-refractivity contribution is 7.99. The Morgan fingerprint density at radius 1 is 1.10 bits per heavy atom. The predicted octanol–water partition coefficient (Wildman–Crippen LogP) is 4.86. The fourth-order valence-corrected chi connectivity index (χ4v) is 3.43. The van der Waals surface area contributed by atoms with E-state index in [1.165, 1.54) is 24.8 Å². The molecule has 148 valence electrons. The number of hydrogen-bond acceptors (Lipinski definition) is 6. The van der Waals surface area contributed by atoms with Crippen molar-refractivity contribution < 1.29 is 14.5 Å². The average molecular weight is 409 g/mol. The summed E-state index contributed by atoms with van der Waals surface area (Å²) < 4.78 is 5.53. The number of benzene rings is 2. The Bertz CT molecular complexity index is 1030. The number of amides is 1. The molecule has 1 heterocycles. The summed E-state index contributed by atoms with van der Waals surface area (Å²) >= 11 is 1.53. The van der Waals surface area contributed by atoms with Crippen LogP contribution in [0.3, 0.4) is 0 Å². The van der Waals surface area contributed by atoms with E-state index >= 15 is 0 Å². The van der Waals surface area contributed by atoms with Crippen LogP contribution in [-0.4, -0.2) is 21.9 Å². The molecule has 7 nitrogen and oxygen atoms in total. The first-order chi connectivity index (χ1) is 13.9. The SMILES string of the molecule is Cc1ccc(O[C@@H](C)C(=O)Nc2ccccc2Sc2ccccc2)c([N+](=O)[O-])n1. The van der Waals surface area contributed by atoms with Crippen LogP contribution in [0.2, 0.25) is 0 Å².